The molecule has 1 heterocycles. The van der Waals surface area contributed by atoms with Crippen molar-refractivity contribution in [3.05, 3.63) is 89.7 Å². The van der Waals surface area contributed by atoms with E-state index in [1.807, 2.05) is 49.4 Å². The molecule has 1 aromatic heterocycles. The van der Waals surface area contributed by atoms with Crippen LogP contribution < -0.4 is 10.1 Å². The molecule has 4 heteroatoms. The number of fused-ring (bicyclic) bond motifs is 1. The molecule has 0 fully saturated rings. The van der Waals surface area contributed by atoms with Gasteiger partial charge in [-0.2, -0.15) is 0 Å². The topological polar surface area (TPSA) is 51.5 Å². The number of carbonyl (C=O) groups is 1. The Labute approximate surface area is 182 Å². The van der Waals surface area contributed by atoms with Gasteiger partial charge in [0.05, 0.1) is 13.4 Å². The lowest BCUT2D eigenvalue weighted by atomic mass is 9.96. The van der Waals surface area contributed by atoms with Crippen LogP contribution >= 0.6 is 0 Å². The van der Waals surface area contributed by atoms with Crippen molar-refractivity contribution in [2.24, 2.45) is 0 Å². The Kier molecular flexibility index (Phi) is 5.63. The zero-order valence-electron chi connectivity index (χ0n) is 18.2. The highest BCUT2D eigenvalue weighted by Gasteiger charge is 2.16. The summed E-state index contributed by atoms with van der Waals surface area (Å²) in [5, 5.41) is 3.87. The Morgan fingerprint density at radius 2 is 1.77 bits per heavy atom. The molecule has 4 nitrogen and oxygen atoms in total. The second-order valence-electron chi connectivity index (χ2n) is 7.70. The smallest absolute Gasteiger partial charge is 0.248 e. The number of carbonyl (C=O) groups excluding carboxylic acids is 1. The van der Waals surface area contributed by atoms with E-state index < -0.39 is 0 Å². The summed E-state index contributed by atoms with van der Waals surface area (Å²) in [5.74, 6) is 0.475. The number of hydrogen-bond donors (Lipinski definition) is 1. The lowest BCUT2D eigenvalue weighted by Gasteiger charge is -2.11. The van der Waals surface area contributed by atoms with E-state index in [0.717, 1.165) is 38.9 Å². The molecule has 1 amide bonds. The van der Waals surface area contributed by atoms with Gasteiger partial charge in [-0.25, -0.2) is 0 Å². The maximum absolute atomic E-state index is 12.5. The van der Waals surface area contributed by atoms with Crippen LogP contribution in [0.3, 0.4) is 0 Å². The summed E-state index contributed by atoms with van der Waals surface area (Å²) in [5.41, 5.74) is 7.73. The van der Waals surface area contributed by atoms with Gasteiger partial charge >= 0.3 is 0 Å². The van der Waals surface area contributed by atoms with Crippen molar-refractivity contribution in [3.8, 4) is 16.9 Å². The van der Waals surface area contributed by atoms with Gasteiger partial charge in [-0.05, 0) is 55.7 Å². The highest BCUT2D eigenvalue weighted by molar-refractivity contribution is 6.05. The molecule has 4 aromatic rings. The maximum Gasteiger partial charge on any atom is 0.248 e. The number of nitrogens with one attached hydrogen (secondary N) is 1. The Balaban J connectivity index is 1.75. The second kappa shape index (κ2) is 8.52. The number of rotatable bonds is 5. The zero-order chi connectivity index (χ0) is 22.0. The Hall–Kier alpha value is -3.79. The largest absolute Gasteiger partial charge is 0.496 e. The zero-order valence-corrected chi connectivity index (χ0v) is 18.2. The fraction of sp³-hybridized carbons (Fsp3) is 0.148. The fourth-order valence-corrected chi connectivity index (χ4v) is 3.83. The van der Waals surface area contributed by atoms with E-state index in [4.69, 9.17) is 9.15 Å². The van der Waals surface area contributed by atoms with Crippen molar-refractivity contribution in [2.45, 2.75) is 20.8 Å². The molecule has 0 spiro atoms. The average molecular weight is 412 g/mol. The molecule has 0 aliphatic heterocycles. The van der Waals surface area contributed by atoms with Crippen LogP contribution in [-0.4, -0.2) is 13.0 Å². The van der Waals surface area contributed by atoms with Crippen molar-refractivity contribution >= 4 is 28.1 Å². The third kappa shape index (κ3) is 4.24. The molecule has 0 radical (unpaired) electrons. The molecule has 1 N–H and O–H groups in total. The number of aryl methyl sites for hydroxylation is 2. The highest BCUT2D eigenvalue weighted by Crippen LogP contribution is 2.38. The van der Waals surface area contributed by atoms with Crippen molar-refractivity contribution < 1.29 is 13.9 Å². The van der Waals surface area contributed by atoms with E-state index in [1.165, 1.54) is 11.1 Å². The molecule has 31 heavy (non-hydrogen) atoms. The highest BCUT2D eigenvalue weighted by atomic mass is 16.5. The van der Waals surface area contributed by atoms with E-state index in [9.17, 15) is 4.79 Å². The SMILES string of the molecule is COc1cc2occ(-c3ccc(C)cc3C)c2cc1/C(C)=C/C(=O)Nc1ccccc1. The van der Waals surface area contributed by atoms with Gasteiger partial charge in [0.1, 0.15) is 11.3 Å². The predicted molar refractivity (Wildman–Crippen MR) is 126 cm³/mol. The van der Waals surface area contributed by atoms with Crippen molar-refractivity contribution in [2.75, 3.05) is 12.4 Å². The molecule has 0 bridgehead atoms. The summed E-state index contributed by atoms with van der Waals surface area (Å²) < 4.78 is 11.4. The van der Waals surface area contributed by atoms with Gasteiger partial charge < -0.3 is 14.5 Å². The molecule has 0 saturated heterocycles. The molecule has 0 atom stereocenters. The molecule has 0 aliphatic carbocycles. The van der Waals surface area contributed by atoms with Crippen LogP contribution in [0.25, 0.3) is 27.7 Å². The summed E-state index contributed by atoms with van der Waals surface area (Å²) in [6.07, 6.45) is 3.38. The van der Waals surface area contributed by atoms with Crippen LogP contribution in [0.5, 0.6) is 5.75 Å². The molecule has 3 aromatic carbocycles. The minimum absolute atomic E-state index is 0.187. The lowest BCUT2D eigenvalue weighted by molar-refractivity contribution is -0.111. The minimum atomic E-state index is -0.187. The molecular formula is C27H25NO3. The van der Waals surface area contributed by atoms with Crippen molar-refractivity contribution in [1.82, 2.24) is 0 Å². The van der Waals surface area contributed by atoms with Gasteiger partial charge in [0.25, 0.3) is 0 Å². The third-order valence-corrected chi connectivity index (χ3v) is 5.38. The molecule has 4 rings (SSSR count). The maximum atomic E-state index is 12.5. The first kappa shape index (κ1) is 20.5. The number of allylic oxidation sites excluding steroid dienone is 1. The number of ether oxygens (including phenoxy) is 1. The van der Waals surface area contributed by atoms with Gasteiger partial charge in [0.2, 0.25) is 5.91 Å². The van der Waals surface area contributed by atoms with Gasteiger partial charge in [-0.1, -0.05) is 42.0 Å². The molecule has 156 valence electrons. The van der Waals surface area contributed by atoms with Gasteiger partial charge in [-0.3, -0.25) is 4.79 Å². The molecule has 0 aliphatic rings. The number of methoxy groups -OCH3 is 1. The molecule has 0 unspecified atom stereocenters. The van der Waals surface area contributed by atoms with Crippen LogP contribution in [0.2, 0.25) is 0 Å². The standard InChI is InChI=1S/C27H25NO3/c1-17-10-11-21(18(2)12-17)24-16-31-26-15-25(30-4)22(14-23(24)26)19(3)13-27(29)28-20-8-6-5-7-9-20/h5-16H,1-4H3,(H,28,29)/b19-13+. The van der Waals surface area contributed by atoms with E-state index in [1.54, 1.807) is 19.4 Å². The van der Waals surface area contributed by atoms with Crippen LogP contribution in [0.15, 0.2) is 77.4 Å². The van der Waals surface area contributed by atoms with Gasteiger partial charge in [0, 0.05) is 34.3 Å². The van der Waals surface area contributed by atoms with Gasteiger partial charge in [0.15, 0.2) is 0 Å². The first-order valence-corrected chi connectivity index (χ1v) is 10.2. The van der Waals surface area contributed by atoms with E-state index in [2.05, 4.69) is 37.4 Å². The van der Waals surface area contributed by atoms with Crippen LogP contribution in [0.1, 0.15) is 23.6 Å². The monoisotopic (exact) mass is 411 g/mol. The normalized spacial score (nSPS) is 11.5. The van der Waals surface area contributed by atoms with Crippen LogP contribution in [0.4, 0.5) is 5.69 Å². The molecule has 0 saturated carbocycles. The summed E-state index contributed by atoms with van der Waals surface area (Å²) >= 11 is 0. The van der Waals surface area contributed by atoms with Crippen molar-refractivity contribution in [1.29, 1.82) is 0 Å². The number of benzene rings is 3. The predicted octanol–water partition coefficient (Wildman–Crippen LogP) is 6.77. The quantitative estimate of drug-likeness (QED) is 0.369. The Morgan fingerprint density at radius 1 is 1.00 bits per heavy atom. The van der Waals surface area contributed by atoms with Crippen LogP contribution in [0, 0.1) is 13.8 Å². The number of furan rings is 1. The number of para-hydroxylation sites is 1. The minimum Gasteiger partial charge on any atom is -0.496 e. The summed E-state index contributed by atoms with van der Waals surface area (Å²) in [4.78, 5) is 12.5. The second-order valence-corrected chi connectivity index (χ2v) is 7.70. The summed E-state index contributed by atoms with van der Waals surface area (Å²) in [7, 11) is 1.62. The molecular weight excluding hydrogens is 386 g/mol. The van der Waals surface area contributed by atoms with E-state index >= 15 is 0 Å². The third-order valence-electron chi connectivity index (χ3n) is 5.38. The number of anilines is 1. The van der Waals surface area contributed by atoms with Crippen molar-refractivity contribution in [3.63, 3.8) is 0 Å². The average Bonchev–Trinajstić information content (AvgIpc) is 3.16. The first-order valence-electron chi connectivity index (χ1n) is 10.2. The fourth-order valence-electron chi connectivity index (χ4n) is 3.83. The summed E-state index contributed by atoms with van der Waals surface area (Å²) in [6.45, 7) is 6.09. The van der Waals surface area contributed by atoms with Gasteiger partial charge in [-0.15, -0.1) is 0 Å². The van der Waals surface area contributed by atoms with E-state index in [-0.39, 0.29) is 5.91 Å². The number of amides is 1. The Morgan fingerprint density at radius 3 is 2.48 bits per heavy atom. The number of hydrogen-bond acceptors (Lipinski definition) is 3. The van der Waals surface area contributed by atoms with E-state index in [0.29, 0.717) is 5.75 Å². The lowest BCUT2D eigenvalue weighted by Crippen LogP contribution is -2.08. The van der Waals surface area contributed by atoms with Crippen LogP contribution in [-0.2, 0) is 4.79 Å². The Bertz CT molecular complexity index is 1280. The summed E-state index contributed by atoms with van der Waals surface area (Å²) in [6, 6.07) is 19.7. The first-order chi connectivity index (χ1) is 15.0.